The van der Waals surface area contributed by atoms with Gasteiger partial charge in [0.2, 0.25) is 0 Å². The Bertz CT molecular complexity index is 114. The van der Waals surface area contributed by atoms with Gasteiger partial charge < -0.3 is 0 Å². The predicted octanol–water partition coefficient (Wildman–Crippen LogP) is 4.47. The van der Waals surface area contributed by atoms with Crippen LogP contribution in [-0.4, -0.2) is 17.2 Å². The van der Waals surface area contributed by atoms with Crippen LogP contribution in [0, 0.1) is 5.92 Å². The molecule has 80 valence electrons. The Balaban J connectivity index is 0.000000252. The summed E-state index contributed by atoms with van der Waals surface area (Å²) >= 11 is 7.05. The third kappa shape index (κ3) is 14.6. The highest BCUT2D eigenvalue weighted by Crippen LogP contribution is 2.33. The van der Waals surface area contributed by atoms with Crippen LogP contribution >= 0.6 is 77.2 Å². The molecule has 0 aromatic rings. The highest BCUT2D eigenvalue weighted by atomic mass is 127. The number of hydrogen-bond acceptors (Lipinski definition) is 1. The number of hydrogen-bond donors (Lipinski definition) is 0. The molecule has 1 fully saturated rings. The smallest absolute Gasteiger partial charge is 0.121 e. The van der Waals surface area contributed by atoms with E-state index in [1.54, 1.807) is 0 Å². The van der Waals surface area contributed by atoms with E-state index < -0.39 is 0 Å². The maximum atomic E-state index is 2.76. The van der Waals surface area contributed by atoms with Crippen LogP contribution in [-0.2, 0) is 0 Å². The highest BCUT2D eigenvalue weighted by Gasteiger charge is 2.10. The molecule has 1 aliphatic heterocycles. The number of halogens is 3. The minimum absolute atomic E-state index is 0.410. The van der Waals surface area contributed by atoms with Crippen LogP contribution in [0.2, 0.25) is 0 Å². The van der Waals surface area contributed by atoms with Gasteiger partial charge in [-0.2, -0.15) is 0 Å². The molecule has 1 rings (SSSR count). The van der Waals surface area contributed by atoms with Gasteiger partial charge in [-0.25, -0.2) is 0 Å². The molecule has 0 amide bonds. The lowest BCUT2D eigenvalue weighted by Gasteiger charge is -2.25. The van der Waals surface area contributed by atoms with E-state index in [9.17, 15) is 0 Å². The van der Waals surface area contributed by atoms with Gasteiger partial charge in [0.05, 0.1) is 0 Å². The van der Waals surface area contributed by atoms with Crippen LogP contribution in [0.25, 0.3) is 0 Å². The van der Waals surface area contributed by atoms with Crippen molar-refractivity contribution in [2.75, 3.05) is 13.1 Å². The van der Waals surface area contributed by atoms with Crippen molar-refractivity contribution in [1.29, 1.82) is 0 Å². The summed E-state index contributed by atoms with van der Waals surface area (Å²) in [5.74, 6) is 0.965. The zero-order valence-electron chi connectivity index (χ0n) is 8.06. The monoisotopic (exact) mass is 539 g/mol. The Kier molecular flexibility index (Phi) is 9.33. The summed E-state index contributed by atoms with van der Waals surface area (Å²) in [6.45, 7) is 7.02. The maximum Gasteiger partial charge on any atom is 0.121 e. The average molecular weight is 539 g/mol. The molecule has 0 radical (unpaired) electrons. The van der Waals surface area contributed by atoms with Crippen molar-refractivity contribution >= 4 is 77.2 Å². The van der Waals surface area contributed by atoms with E-state index in [1.165, 1.54) is 25.9 Å². The maximum absolute atomic E-state index is 2.76. The number of alkyl halides is 3. The Hall–Kier alpha value is 2.58. The first-order chi connectivity index (χ1) is 5.79. The second-order valence-corrected chi connectivity index (χ2v) is 16.9. The third-order valence-corrected chi connectivity index (χ3v) is 2.33. The topological polar surface area (TPSA) is 3.24 Å². The van der Waals surface area contributed by atoms with Gasteiger partial charge in [-0.1, -0.05) is 84.1 Å². The zero-order chi connectivity index (χ0) is 10.5. The van der Waals surface area contributed by atoms with Crippen molar-refractivity contribution in [3.63, 3.8) is 0 Å². The lowest BCUT2D eigenvalue weighted by Crippen LogP contribution is -2.24. The summed E-state index contributed by atoms with van der Waals surface area (Å²) in [7, 11) is 2.76. The molecule has 5 heteroatoms. The van der Waals surface area contributed by atoms with Crippen LogP contribution in [0.5, 0.6) is 0 Å². The van der Waals surface area contributed by atoms with Gasteiger partial charge in [-0.05, 0) is 25.7 Å². The van der Waals surface area contributed by atoms with Crippen LogP contribution in [0.15, 0.2) is 0 Å². The van der Waals surface area contributed by atoms with Gasteiger partial charge in [-0.3, -0.25) is 4.67 Å². The van der Waals surface area contributed by atoms with E-state index in [0.29, 0.717) is -0.565 Å². The number of piperidine rings is 1. The summed E-state index contributed by atoms with van der Waals surface area (Å²) in [6.07, 6.45) is 2.76. The zero-order valence-corrected chi connectivity index (χ0v) is 15.7. The molecule has 13 heavy (non-hydrogen) atoms. The highest BCUT2D eigenvalue weighted by molar-refractivity contribution is 14.3. The molecule has 1 heterocycles. The summed E-state index contributed by atoms with van der Waals surface area (Å²) in [4.78, 5) is 0. The van der Waals surface area contributed by atoms with Crippen molar-refractivity contribution in [3.8, 4) is 0 Å². The molecule has 0 aromatic heterocycles. The van der Waals surface area contributed by atoms with E-state index in [2.05, 4.69) is 95.7 Å². The second-order valence-electron chi connectivity index (χ2n) is 3.50. The Morgan fingerprint density at radius 3 is 1.77 bits per heavy atom. The molecule has 1 atom stereocenters. The Morgan fingerprint density at radius 1 is 1.23 bits per heavy atom. The Labute approximate surface area is 125 Å². The van der Waals surface area contributed by atoms with E-state index in [-0.39, 0.29) is 0 Å². The van der Waals surface area contributed by atoms with Gasteiger partial charge in [0, 0.05) is 13.1 Å². The largest absolute Gasteiger partial charge is 0.287 e. The van der Waals surface area contributed by atoms with Gasteiger partial charge in [0.25, 0.3) is 0 Å². The predicted molar refractivity (Wildman–Crippen MR) is 90.1 cm³/mol. The summed E-state index contributed by atoms with van der Waals surface area (Å²) in [6, 6.07) is 0. The van der Waals surface area contributed by atoms with E-state index in [4.69, 9.17) is 0 Å². The van der Waals surface area contributed by atoms with Gasteiger partial charge in [0.1, 0.15) is -0.565 Å². The SMILES string of the molecule is CC(I)(I)I.CC1CCN(P)CC1. The average Bonchev–Trinajstić information content (AvgIpc) is 1.92. The van der Waals surface area contributed by atoms with Crippen molar-refractivity contribution in [2.24, 2.45) is 5.92 Å². The van der Waals surface area contributed by atoms with Crippen LogP contribution in [0.3, 0.4) is 0 Å². The fourth-order valence-corrected chi connectivity index (χ4v) is 1.33. The minimum atomic E-state index is 0.410. The van der Waals surface area contributed by atoms with E-state index in [1.807, 2.05) is 0 Å². The van der Waals surface area contributed by atoms with Gasteiger partial charge in [-0.15, -0.1) is 0 Å². The first kappa shape index (κ1) is 15.6. The minimum Gasteiger partial charge on any atom is -0.287 e. The molecule has 0 saturated carbocycles. The summed E-state index contributed by atoms with van der Waals surface area (Å²) < 4.78 is 2.73. The van der Waals surface area contributed by atoms with Gasteiger partial charge in [0.15, 0.2) is 0 Å². The molecule has 0 aromatic carbocycles. The van der Waals surface area contributed by atoms with E-state index >= 15 is 0 Å². The lowest BCUT2D eigenvalue weighted by atomic mass is 10.0. The van der Waals surface area contributed by atoms with Gasteiger partial charge >= 0.3 is 0 Å². The lowest BCUT2D eigenvalue weighted by molar-refractivity contribution is 0.307. The fraction of sp³-hybridized carbons (Fsp3) is 1.00. The summed E-state index contributed by atoms with van der Waals surface area (Å²) in [5.41, 5.74) is 0. The Morgan fingerprint density at radius 2 is 1.54 bits per heavy atom. The molecule has 0 N–H and O–H groups in total. The molecule has 1 nitrogen and oxygen atoms in total. The molecule has 1 saturated heterocycles. The third-order valence-electron chi connectivity index (χ3n) is 1.82. The van der Waals surface area contributed by atoms with E-state index in [0.717, 1.165) is 5.92 Å². The first-order valence-electron chi connectivity index (χ1n) is 4.35. The standard InChI is InChI=1S/C6H14NP.C2H3I3/c1-6-2-4-7(8)5-3-6;1-2(3,4)5/h6H,2-5,8H2,1H3;1H3. The van der Waals surface area contributed by atoms with Crippen molar-refractivity contribution < 1.29 is 0 Å². The van der Waals surface area contributed by atoms with Crippen molar-refractivity contribution in [3.05, 3.63) is 0 Å². The number of rotatable bonds is 0. The van der Waals surface area contributed by atoms with Crippen molar-refractivity contribution in [1.82, 2.24) is 4.67 Å². The van der Waals surface area contributed by atoms with Crippen LogP contribution < -0.4 is 0 Å². The second kappa shape index (κ2) is 7.79. The number of nitrogens with zero attached hydrogens (tertiary/aromatic N) is 1. The van der Waals surface area contributed by atoms with Crippen LogP contribution in [0.4, 0.5) is 0 Å². The molecule has 0 aliphatic carbocycles. The molecule has 0 bridgehead atoms. The quantitative estimate of drug-likeness (QED) is 0.250. The molecular weight excluding hydrogens is 522 g/mol. The molecule has 1 aliphatic rings. The normalized spacial score (nSPS) is 20.8. The molecular formula is C8H17I3NP. The molecule has 1 unspecified atom stereocenters. The fourth-order valence-electron chi connectivity index (χ4n) is 1.03. The summed E-state index contributed by atoms with van der Waals surface area (Å²) in [5, 5.41) is 0. The van der Waals surface area contributed by atoms with Crippen LogP contribution in [0.1, 0.15) is 26.7 Å². The van der Waals surface area contributed by atoms with Crippen molar-refractivity contribution in [2.45, 2.75) is 26.1 Å². The molecule has 0 spiro atoms. The first-order valence-corrected chi connectivity index (χ1v) is 8.10.